The minimum atomic E-state index is 0.0482. The van der Waals surface area contributed by atoms with E-state index in [1.165, 1.54) is 0 Å². The molecular weight excluding hydrogens is 198 g/mol. The van der Waals surface area contributed by atoms with E-state index in [9.17, 15) is 0 Å². The molecule has 0 bridgehead atoms. The molecule has 1 rings (SSSR count). The molecule has 0 aliphatic heterocycles. The van der Waals surface area contributed by atoms with Gasteiger partial charge in [-0.2, -0.15) is 0 Å². The van der Waals surface area contributed by atoms with Gasteiger partial charge in [-0.15, -0.1) is 0 Å². The Morgan fingerprint density at radius 2 is 2.07 bits per heavy atom. The predicted molar refractivity (Wildman–Crippen MR) is 59.5 cm³/mol. The second kappa shape index (κ2) is 5.03. The lowest BCUT2D eigenvalue weighted by molar-refractivity contribution is 0.359. The molecule has 0 saturated heterocycles. The zero-order valence-corrected chi connectivity index (χ0v) is 8.92. The van der Waals surface area contributed by atoms with Crippen molar-refractivity contribution < 1.29 is 4.74 Å². The van der Waals surface area contributed by atoms with Crippen LogP contribution >= 0.6 is 11.6 Å². The smallest absolute Gasteiger partial charge is 0.123 e. The van der Waals surface area contributed by atoms with E-state index in [4.69, 9.17) is 22.1 Å². The number of halogens is 1. The highest BCUT2D eigenvalue weighted by Gasteiger charge is 1.99. The third-order valence-corrected chi connectivity index (χ3v) is 1.91. The average Bonchev–Trinajstić information content (AvgIpc) is 2.15. The molecule has 2 N–H and O–H groups in total. The molecule has 0 aliphatic carbocycles. The Kier molecular flexibility index (Phi) is 3.98. The molecule has 0 saturated carbocycles. The van der Waals surface area contributed by atoms with E-state index in [1.807, 2.05) is 31.2 Å². The largest absolute Gasteiger partial charge is 0.488 e. The summed E-state index contributed by atoms with van der Waals surface area (Å²) in [6.07, 6.45) is 0. The Labute approximate surface area is 89.3 Å². The second-order valence-electron chi connectivity index (χ2n) is 3.16. The van der Waals surface area contributed by atoms with Crippen molar-refractivity contribution in [1.82, 2.24) is 0 Å². The fourth-order valence-electron chi connectivity index (χ4n) is 1.03. The highest BCUT2D eigenvalue weighted by molar-refractivity contribution is 6.29. The molecule has 0 amide bonds. The molecule has 1 atom stereocenters. The van der Waals surface area contributed by atoms with Gasteiger partial charge in [-0.1, -0.05) is 30.3 Å². The van der Waals surface area contributed by atoms with Gasteiger partial charge in [0, 0.05) is 11.1 Å². The molecule has 1 aromatic rings. The van der Waals surface area contributed by atoms with Gasteiger partial charge in [0.15, 0.2) is 0 Å². The first kappa shape index (κ1) is 11.1. The molecule has 0 spiro atoms. The number of ether oxygens (including phenoxy) is 1. The van der Waals surface area contributed by atoms with E-state index in [0.29, 0.717) is 11.6 Å². The topological polar surface area (TPSA) is 35.2 Å². The van der Waals surface area contributed by atoms with Crippen LogP contribution in [0.2, 0.25) is 0 Å². The zero-order chi connectivity index (χ0) is 10.6. The molecule has 0 aliphatic rings. The third-order valence-electron chi connectivity index (χ3n) is 1.80. The Morgan fingerprint density at radius 3 is 2.50 bits per heavy atom. The summed E-state index contributed by atoms with van der Waals surface area (Å²) >= 11 is 5.57. The molecule has 3 heteroatoms. The maximum absolute atomic E-state index is 5.71. The van der Waals surface area contributed by atoms with Gasteiger partial charge in [-0.05, 0) is 24.6 Å². The van der Waals surface area contributed by atoms with Gasteiger partial charge >= 0.3 is 0 Å². The summed E-state index contributed by atoms with van der Waals surface area (Å²) < 4.78 is 5.33. The van der Waals surface area contributed by atoms with Crippen molar-refractivity contribution in [2.75, 3.05) is 6.61 Å². The lowest BCUT2D eigenvalue weighted by Gasteiger charge is -2.08. The van der Waals surface area contributed by atoms with Crippen molar-refractivity contribution in [3.63, 3.8) is 0 Å². The van der Waals surface area contributed by atoms with Gasteiger partial charge in [-0.3, -0.25) is 0 Å². The number of hydrogen-bond acceptors (Lipinski definition) is 2. The first-order valence-electron chi connectivity index (χ1n) is 4.41. The second-order valence-corrected chi connectivity index (χ2v) is 3.70. The molecule has 0 heterocycles. The SMILES string of the molecule is C=C(Cl)COc1ccc(C(C)N)cc1. The molecular formula is C11H14ClNO. The van der Waals surface area contributed by atoms with Crippen LogP contribution in [0.25, 0.3) is 0 Å². The molecule has 2 nitrogen and oxygen atoms in total. The van der Waals surface area contributed by atoms with Crippen LogP contribution in [0.4, 0.5) is 0 Å². The van der Waals surface area contributed by atoms with Crippen LogP contribution in [0.15, 0.2) is 35.9 Å². The van der Waals surface area contributed by atoms with E-state index in [0.717, 1.165) is 11.3 Å². The Balaban J connectivity index is 2.59. The monoisotopic (exact) mass is 211 g/mol. The van der Waals surface area contributed by atoms with Gasteiger partial charge in [0.2, 0.25) is 0 Å². The van der Waals surface area contributed by atoms with E-state index in [2.05, 4.69) is 6.58 Å². The summed E-state index contributed by atoms with van der Waals surface area (Å²) in [4.78, 5) is 0. The minimum absolute atomic E-state index is 0.0482. The van der Waals surface area contributed by atoms with Crippen LogP contribution in [0.1, 0.15) is 18.5 Å². The molecule has 0 radical (unpaired) electrons. The van der Waals surface area contributed by atoms with Gasteiger partial charge in [-0.25, -0.2) is 0 Å². The standard InChI is InChI=1S/C11H14ClNO/c1-8(12)7-14-11-5-3-10(4-6-11)9(2)13/h3-6,9H,1,7,13H2,2H3. The van der Waals surface area contributed by atoms with Crippen LogP contribution in [0, 0.1) is 0 Å². The summed E-state index contributed by atoms with van der Waals surface area (Å²) in [7, 11) is 0. The normalized spacial score (nSPS) is 12.2. The van der Waals surface area contributed by atoms with Gasteiger partial charge in [0.25, 0.3) is 0 Å². The fourth-order valence-corrected chi connectivity index (χ4v) is 1.08. The molecule has 76 valence electrons. The predicted octanol–water partition coefficient (Wildman–Crippen LogP) is 2.84. The summed E-state index contributed by atoms with van der Waals surface area (Å²) in [5.74, 6) is 0.774. The van der Waals surface area contributed by atoms with Gasteiger partial charge in [0.1, 0.15) is 12.4 Å². The maximum atomic E-state index is 5.71. The Hall–Kier alpha value is -0.990. The van der Waals surface area contributed by atoms with Gasteiger partial charge in [0.05, 0.1) is 0 Å². The zero-order valence-electron chi connectivity index (χ0n) is 8.16. The summed E-state index contributed by atoms with van der Waals surface area (Å²) in [5, 5.41) is 0.487. The third kappa shape index (κ3) is 3.40. The van der Waals surface area contributed by atoms with Crippen molar-refractivity contribution >= 4 is 11.6 Å². The van der Waals surface area contributed by atoms with Crippen LogP contribution in [0.3, 0.4) is 0 Å². The average molecular weight is 212 g/mol. The van der Waals surface area contributed by atoms with Crippen molar-refractivity contribution in [2.24, 2.45) is 5.73 Å². The number of benzene rings is 1. The lowest BCUT2D eigenvalue weighted by Crippen LogP contribution is -2.04. The maximum Gasteiger partial charge on any atom is 0.123 e. The van der Waals surface area contributed by atoms with Crippen LogP contribution in [-0.4, -0.2) is 6.61 Å². The first-order valence-corrected chi connectivity index (χ1v) is 4.79. The van der Waals surface area contributed by atoms with Crippen molar-refractivity contribution in [2.45, 2.75) is 13.0 Å². The number of rotatable bonds is 4. The highest BCUT2D eigenvalue weighted by Crippen LogP contribution is 2.16. The highest BCUT2D eigenvalue weighted by atomic mass is 35.5. The quantitative estimate of drug-likeness (QED) is 0.831. The van der Waals surface area contributed by atoms with E-state index >= 15 is 0 Å². The van der Waals surface area contributed by atoms with Crippen molar-refractivity contribution in [3.05, 3.63) is 41.4 Å². The summed E-state index contributed by atoms with van der Waals surface area (Å²) in [6, 6.07) is 7.68. The summed E-state index contributed by atoms with van der Waals surface area (Å²) in [5.41, 5.74) is 6.80. The molecule has 1 aromatic carbocycles. The molecule has 1 unspecified atom stereocenters. The lowest BCUT2D eigenvalue weighted by atomic mass is 10.1. The fraction of sp³-hybridized carbons (Fsp3) is 0.273. The molecule has 0 aromatic heterocycles. The number of hydrogen-bond donors (Lipinski definition) is 1. The first-order chi connectivity index (χ1) is 6.59. The summed E-state index contributed by atoms with van der Waals surface area (Å²) in [6.45, 7) is 5.81. The minimum Gasteiger partial charge on any atom is -0.488 e. The van der Waals surface area contributed by atoms with Gasteiger partial charge < -0.3 is 10.5 Å². The van der Waals surface area contributed by atoms with Crippen LogP contribution in [-0.2, 0) is 0 Å². The Bertz CT molecular complexity index is 306. The van der Waals surface area contributed by atoms with E-state index in [-0.39, 0.29) is 6.04 Å². The van der Waals surface area contributed by atoms with Crippen molar-refractivity contribution in [3.8, 4) is 5.75 Å². The molecule has 0 fully saturated rings. The Morgan fingerprint density at radius 1 is 1.50 bits per heavy atom. The van der Waals surface area contributed by atoms with E-state index in [1.54, 1.807) is 0 Å². The van der Waals surface area contributed by atoms with Crippen LogP contribution < -0.4 is 10.5 Å². The van der Waals surface area contributed by atoms with Crippen molar-refractivity contribution in [1.29, 1.82) is 0 Å². The molecule has 14 heavy (non-hydrogen) atoms. The number of nitrogens with two attached hydrogens (primary N) is 1. The van der Waals surface area contributed by atoms with Crippen LogP contribution in [0.5, 0.6) is 5.75 Å². The van der Waals surface area contributed by atoms with E-state index < -0.39 is 0 Å².